The summed E-state index contributed by atoms with van der Waals surface area (Å²) in [5, 5.41) is 4.09. The van der Waals surface area contributed by atoms with Crippen molar-refractivity contribution in [3.05, 3.63) is 22.7 Å². The molecule has 1 unspecified atom stereocenters. The van der Waals surface area contributed by atoms with Gasteiger partial charge in [0, 0.05) is 11.6 Å². The molecular formula is C17H28ClNO2. The van der Waals surface area contributed by atoms with Crippen LogP contribution < -0.4 is 14.8 Å². The van der Waals surface area contributed by atoms with Crippen molar-refractivity contribution in [2.24, 2.45) is 0 Å². The fraction of sp³-hybridized carbons (Fsp3) is 0.647. The normalized spacial score (nSPS) is 12.2. The van der Waals surface area contributed by atoms with Crippen molar-refractivity contribution in [1.29, 1.82) is 0 Å². The lowest BCUT2D eigenvalue weighted by Crippen LogP contribution is -2.21. The number of hydrogen-bond acceptors (Lipinski definition) is 3. The number of rotatable bonds is 10. The van der Waals surface area contributed by atoms with Gasteiger partial charge in [-0.3, -0.25) is 0 Å². The molecule has 1 aromatic rings. The molecule has 3 nitrogen and oxygen atoms in total. The monoisotopic (exact) mass is 313 g/mol. The fourth-order valence-electron chi connectivity index (χ4n) is 2.58. The quantitative estimate of drug-likeness (QED) is 0.618. The van der Waals surface area contributed by atoms with Crippen molar-refractivity contribution in [1.82, 2.24) is 5.32 Å². The molecule has 1 aromatic carbocycles. The van der Waals surface area contributed by atoms with Crippen molar-refractivity contribution in [3.8, 4) is 11.5 Å². The van der Waals surface area contributed by atoms with E-state index in [4.69, 9.17) is 21.1 Å². The molecule has 21 heavy (non-hydrogen) atoms. The summed E-state index contributed by atoms with van der Waals surface area (Å²) in [5.74, 6) is 1.37. The Morgan fingerprint density at radius 3 is 2.43 bits per heavy atom. The van der Waals surface area contributed by atoms with Crippen LogP contribution in [0.1, 0.15) is 57.6 Å². The highest BCUT2D eigenvalue weighted by Crippen LogP contribution is 2.40. The van der Waals surface area contributed by atoms with Crippen molar-refractivity contribution in [3.63, 3.8) is 0 Å². The second-order valence-electron chi connectivity index (χ2n) is 5.16. The lowest BCUT2D eigenvalue weighted by Gasteiger charge is -2.22. The van der Waals surface area contributed by atoms with Gasteiger partial charge in [0.05, 0.1) is 14.2 Å². The molecule has 0 radical (unpaired) electrons. The Morgan fingerprint density at radius 1 is 1.10 bits per heavy atom. The van der Waals surface area contributed by atoms with Gasteiger partial charge in [0.2, 0.25) is 0 Å². The Bertz CT molecular complexity index is 423. The lowest BCUT2D eigenvalue weighted by molar-refractivity contribution is 0.380. The first kappa shape index (κ1) is 18.1. The van der Waals surface area contributed by atoms with E-state index in [0.29, 0.717) is 10.8 Å². The molecule has 0 aliphatic heterocycles. The van der Waals surface area contributed by atoms with Crippen LogP contribution in [-0.4, -0.2) is 20.8 Å². The van der Waals surface area contributed by atoms with Crippen LogP contribution in [0.4, 0.5) is 0 Å². The molecule has 0 aromatic heterocycles. The maximum Gasteiger partial charge on any atom is 0.146 e. The van der Waals surface area contributed by atoms with Crippen LogP contribution >= 0.6 is 11.6 Å². The summed E-state index contributed by atoms with van der Waals surface area (Å²) in [7, 11) is 3.27. The van der Waals surface area contributed by atoms with Crippen molar-refractivity contribution < 1.29 is 9.47 Å². The van der Waals surface area contributed by atoms with E-state index in [-0.39, 0.29) is 6.04 Å². The van der Waals surface area contributed by atoms with Crippen LogP contribution in [0.2, 0.25) is 5.02 Å². The number of benzene rings is 1. The van der Waals surface area contributed by atoms with E-state index in [1.165, 1.54) is 25.7 Å². The average Bonchev–Trinajstić information content (AvgIpc) is 2.50. The zero-order valence-electron chi connectivity index (χ0n) is 13.7. The first-order chi connectivity index (χ1) is 10.2. The second-order valence-corrected chi connectivity index (χ2v) is 5.54. The molecule has 4 heteroatoms. The third-order valence-electron chi connectivity index (χ3n) is 3.69. The summed E-state index contributed by atoms with van der Waals surface area (Å²) >= 11 is 6.36. The summed E-state index contributed by atoms with van der Waals surface area (Å²) in [5.41, 5.74) is 1.11. The molecule has 1 rings (SSSR count). The van der Waals surface area contributed by atoms with E-state index in [2.05, 4.69) is 25.2 Å². The molecule has 0 heterocycles. The van der Waals surface area contributed by atoms with E-state index in [0.717, 1.165) is 24.3 Å². The van der Waals surface area contributed by atoms with Crippen LogP contribution in [0.3, 0.4) is 0 Å². The summed E-state index contributed by atoms with van der Waals surface area (Å²) in [6.45, 7) is 5.27. The number of nitrogens with one attached hydrogen (secondary N) is 1. The number of methoxy groups -OCH3 is 2. The molecule has 0 amide bonds. The number of hydrogen-bond donors (Lipinski definition) is 1. The molecule has 1 N–H and O–H groups in total. The van der Waals surface area contributed by atoms with Crippen LogP contribution in [0, 0.1) is 0 Å². The van der Waals surface area contributed by atoms with Crippen LogP contribution in [0.15, 0.2) is 12.1 Å². The Hall–Kier alpha value is -0.930. The third kappa shape index (κ3) is 5.08. The standard InChI is InChI=1S/C17H28ClNO2/c1-5-7-8-9-10-14(19-6-2)13-11-12-15(20-3)16(18)17(13)21-4/h11-12,14,19H,5-10H2,1-4H3. The number of ether oxygens (including phenoxy) is 2. The molecular weight excluding hydrogens is 286 g/mol. The Labute approximate surface area is 134 Å². The molecule has 0 aliphatic carbocycles. The van der Waals surface area contributed by atoms with Gasteiger partial charge in [-0.25, -0.2) is 0 Å². The van der Waals surface area contributed by atoms with Gasteiger partial charge in [0.25, 0.3) is 0 Å². The summed E-state index contributed by atoms with van der Waals surface area (Å²) in [6, 6.07) is 4.23. The van der Waals surface area contributed by atoms with Crippen molar-refractivity contribution in [2.45, 2.75) is 52.0 Å². The molecule has 1 atom stereocenters. The van der Waals surface area contributed by atoms with Crippen LogP contribution in [0.25, 0.3) is 0 Å². The maximum atomic E-state index is 6.36. The molecule has 0 bridgehead atoms. The van der Waals surface area contributed by atoms with Crippen molar-refractivity contribution in [2.75, 3.05) is 20.8 Å². The van der Waals surface area contributed by atoms with E-state index >= 15 is 0 Å². The minimum Gasteiger partial charge on any atom is -0.495 e. The SMILES string of the molecule is CCCCCCC(NCC)c1ccc(OC)c(Cl)c1OC. The van der Waals surface area contributed by atoms with E-state index < -0.39 is 0 Å². The lowest BCUT2D eigenvalue weighted by atomic mass is 9.98. The predicted molar refractivity (Wildman–Crippen MR) is 89.7 cm³/mol. The smallest absolute Gasteiger partial charge is 0.146 e. The molecule has 0 fully saturated rings. The number of halogens is 1. The largest absolute Gasteiger partial charge is 0.495 e. The van der Waals surface area contributed by atoms with E-state index in [9.17, 15) is 0 Å². The highest BCUT2D eigenvalue weighted by atomic mass is 35.5. The Kier molecular flexibility index (Phi) is 8.55. The van der Waals surface area contributed by atoms with Gasteiger partial charge in [-0.2, -0.15) is 0 Å². The summed E-state index contributed by atoms with van der Waals surface area (Å²) in [4.78, 5) is 0. The third-order valence-corrected chi connectivity index (χ3v) is 4.05. The van der Waals surface area contributed by atoms with E-state index in [1.807, 2.05) is 6.07 Å². The van der Waals surface area contributed by atoms with Gasteiger partial charge in [0.15, 0.2) is 0 Å². The minimum absolute atomic E-state index is 0.269. The van der Waals surface area contributed by atoms with E-state index in [1.54, 1.807) is 14.2 Å². The zero-order valence-corrected chi connectivity index (χ0v) is 14.4. The zero-order chi connectivity index (χ0) is 15.7. The molecule has 0 spiro atoms. The fourth-order valence-corrected chi connectivity index (χ4v) is 2.91. The van der Waals surface area contributed by atoms with Gasteiger partial charge >= 0.3 is 0 Å². The van der Waals surface area contributed by atoms with Gasteiger partial charge in [-0.15, -0.1) is 0 Å². The molecule has 0 saturated carbocycles. The van der Waals surface area contributed by atoms with Gasteiger partial charge in [-0.05, 0) is 25.1 Å². The highest BCUT2D eigenvalue weighted by Gasteiger charge is 2.19. The van der Waals surface area contributed by atoms with Crippen LogP contribution in [-0.2, 0) is 0 Å². The molecule has 0 saturated heterocycles. The highest BCUT2D eigenvalue weighted by molar-refractivity contribution is 6.33. The van der Waals surface area contributed by atoms with Crippen molar-refractivity contribution >= 4 is 11.6 Å². The van der Waals surface area contributed by atoms with Gasteiger partial charge in [-0.1, -0.05) is 51.1 Å². The minimum atomic E-state index is 0.269. The first-order valence-electron chi connectivity index (χ1n) is 7.83. The summed E-state index contributed by atoms with van der Waals surface area (Å²) < 4.78 is 10.8. The topological polar surface area (TPSA) is 30.5 Å². The summed E-state index contributed by atoms with van der Waals surface area (Å²) in [6.07, 6.45) is 6.11. The first-order valence-corrected chi connectivity index (χ1v) is 8.21. The predicted octanol–water partition coefficient (Wildman–Crippen LogP) is 4.98. The van der Waals surface area contributed by atoms with Gasteiger partial charge in [0.1, 0.15) is 16.5 Å². The average molecular weight is 314 g/mol. The molecule has 0 aliphatic rings. The second kappa shape index (κ2) is 9.91. The van der Waals surface area contributed by atoms with Gasteiger partial charge < -0.3 is 14.8 Å². The number of unbranched alkanes of at least 4 members (excludes halogenated alkanes) is 3. The Morgan fingerprint density at radius 2 is 1.86 bits per heavy atom. The van der Waals surface area contributed by atoms with Crippen LogP contribution in [0.5, 0.6) is 11.5 Å². The maximum absolute atomic E-state index is 6.36. The Balaban J connectivity index is 2.93. The molecule has 120 valence electrons.